The van der Waals surface area contributed by atoms with E-state index in [1.807, 2.05) is 0 Å². The molecular formula is C10H11NO3. The summed E-state index contributed by atoms with van der Waals surface area (Å²) in [5, 5.41) is 18.4. The highest BCUT2D eigenvalue weighted by Gasteiger charge is 2.20. The number of aliphatic hydroxyl groups is 1. The Bertz CT molecular complexity index is 362. The Kier molecular flexibility index (Phi) is 2.37. The van der Waals surface area contributed by atoms with Gasteiger partial charge in [0.2, 0.25) is 5.90 Å². The maximum atomic E-state index is 9.51. The van der Waals surface area contributed by atoms with Crippen LogP contribution in [-0.2, 0) is 4.74 Å². The summed E-state index contributed by atoms with van der Waals surface area (Å²) >= 11 is 0. The van der Waals surface area contributed by atoms with Crippen LogP contribution in [0.1, 0.15) is 5.56 Å². The summed E-state index contributed by atoms with van der Waals surface area (Å²) in [7, 11) is 0. The number of aromatic hydroxyl groups is 1. The molecule has 2 rings (SSSR count). The molecule has 0 bridgehead atoms. The van der Waals surface area contributed by atoms with Gasteiger partial charge in [-0.1, -0.05) is 12.1 Å². The van der Waals surface area contributed by atoms with E-state index in [4.69, 9.17) is 9.84 Å². The maximum Gasteiger partial charge on any atom is 0.220 e. The van der Waals surface area contributed by atoms with Gasteiger partial charge in [-0.3, -0.25) is 0 Å². The minimum absolute atomic E-state index is 0.0307. The highest BCUT2D eigenvalue weighted by atomic mass is 16.5. The predicted molar refractivity (Wildman–Crippen MR) is 51.5 cm³/mol. The molecule has 0 radical (unpaired) electrons. The van der Waals surface area contributed by atoms with Gasteiger partial charge in [0.15, 0.2) is 0 Å². The Labute approximate surface area is 81.5 Å². The molecular weight excluding hydrogens is 182 g/mol. The molecule has 4 nitrogen and oxygen atoms in total. The average Bonchev–Trinajstić information content (AvgIpc) is 2.67. The van der Waals surface area contributed by atoms with E-state index >= 15 is 0 Å². The van der Waals surface area contributed by atoms with Crippen molar-refractivity contribution in [2.45, 2.75) is 6.04 Å². The van der Waals surface area contributed by atoms with E-state index in [1.165, 1.54) is 0 Å². The van der Waals surface area contributed by atoms with E-state index in [-0.39, 0.29) is 18.4 Å². The fraction of sp³-hybridized carbons (Fsp3) is 0.300. The second-order valence-electron chi connectivity index (χ2n) is 3.10. The molecule has 0 unspecified atom stereocenters. The zero-order valence-electron chi connectivity index (χ0n) is 7.55. The zero-order valence-corrected chi connectivity index (χ0v) is 7.55. The summed E-state index contributed by atoms with van der Waals surface area (Å²) in [4.78, 5) is 4.12. The molecule has 74 valence electrons. The predicted octanol–water partition coefficient (Wildman–Crippen LogP) is 0.530. The molecule has 0 fully saturated rings. The number of phenolic OH excluding ortho intramolecular Hbond substituents is 1. The quantitative estimate of drug-likeness (QED) is 0.720. The van der Waals surface area contributed by atoms with Crippen LogP contribution in [-0.4, -0.2) is 35.4 Å². The molecule has 2 N–H and O–H groups in total. The van der Waals surface area contributed by atoms with Crippen molar-refractivity contribution in [3.05, 3.63) is 29.8 Å². The van der Waals surface area contributed by atoms with Crippen LogP contribution in [0.3, 0.4) is 0 Å². The standard InChI is InChI=1S/C10H11NO3/c12-5-7-6-14-10(11-7)8-3-1-2-4-9(8)13/h1-4,7,12-13H,5-6H2/t7-/m1/s1. The number of ether oxygens (including phenoxy) is 1. The van der Waals surface area contributed by atoms with Gasteiger partial charge in [-0.25, -0.2) is 4.99 Å². The number of aliphatic hydroxyl groups excluding tert-OH is 1. The van der Waals surface area contributed by atoms with Gasteiger partial charge < -0.3 is 14.9 Å². The molecule has 1 atom stereocenters. The molecule has 4 heteroatoms. The molecule has 0 aromatic heterocycles. The summed E-state index contributed by atoms with van der Waals surface area (Å²) in [6.07, 6.45) is 0. The molecule has 0 saturated heterocycles. The molecule has 1 aromatic carbocycles. The smallest absolute Gasteiger partial charge is 0.220 e. The Balaban J connectivity index is 2.28. The van der Waals surface area contributed by atoms with Crippen molar-refractivity contribution in [2.75, 3.05) is 13.2 Å². The van der Waals surface area contributed by atoms with Crippen molar-refractivity contribution < 1.29 is 14.9 Å². The van der Waals surface area contributed by atoms with E-state index < -0.39 is 0 Å². The summed E-state index contributed by atoms with van der Waals surface area (Å²) in [5.74, 6) is 0.548. The third kappa shape index (κ3) is 1.56. The third-order valence-corrected chi connectivity index (χ3v) is 2.06. The first-order valence-corrected chi connectivity index (χ1v) is 4.41. The van der Waals surface area contributed by atoms with Gasteiger partial charge in [-0.05, 0) is 12.1 Å². The van der Waals surface area contributed by atoms with Crippen LogP contribution < -0.4 is 0 Å². The Morgan fingerprint density at radius 2 is 2.21 bits per heavy atom. The minimum Gasteiger partial charge on any atom is -0.507 e. The number of para-hydroxylation sites is 1. The zero-order chi connectivity index (χ0) is 9.97. The second-order valence-corrected chi connectivity index (χ2v) is 3.10. The number of aliphatic imine (C=N–C) groups is 1. The molecule has 0 spiro atoms. The van der Waals surface area contributed by atoms with Crippen molar-refractivity contribution in [1.29, 1.82) is 0 Å². The molecule has 14 heavy (non-hydrogen) atoms. The number of phenols is 1. The van der Waals surface area contributed by atoms with Gasteiger partial charge in [0.25, 0.3) is 0 Å². The lowest BCUT2D eigenvalue weighted by atomic mass is 10.2. The Hall–Kier alpha value is -1.55. The minimum atomic E-state index is -0.204. The van der Waals surface area contributed by atoms with Gasteiger partial charge >= 0.3 is 0 Å². The summed E-state index contributed by atoms with van der Waals surface area (Å²) in [6.45, 7) is 0.345. The van der Waals surface area contributed by atoms with Crippen LogP contribution in [0.25, 0.3) is 0 Å². The van der Waals surface area contributed by atoms with E-state index in [2.05, 4.69) is 4.99 Å². The van der Waals surface area contributed by atoms with Gasteiger partial charge in [0.05, 0.1) is 12.2 Å². The molecule has 1 aliphatic rings. The topological polar surface area (TPSA) is 62.0 Å². The maximum absolute atomic E-state index is 9.51. The van der Waals surface area contributed by atoms with Gasteiger partial charge in [-0.2, -0.15) is 0 Å². The van der Waals surface area contributed by atoms with Crippen molar-refractivity contribution >= 4 is 5.90 Å². The lowest BCUT2D eigenvalue weighted by Crippen LogP contribution is -2.10. The van der Waals surface area contributed by atoms with Crippen LogP contribution in [0, 0.1) is 0 Å². The lowest BCUT2D eigenvalue weighted by Gasteiger charge is -2.02. The second kappa shape index (κ2) is 3.67. The van der Waals surface area contributed by atoms with Crippen LogP contribution in [0.15, 0.2) is 29.3 Å². The van der Waals surface area contributed by atoms with E-state index in [0.717, 1.165) is 0 Å². The van der Waals surface area contributed by atoms with Crippen molar-refractivity contribution in [3.63, 3.8) is 0 Å². The van der Waals surface area contributed by atoms with Gasteiger partial charge in [0, 0.05) is 0 Å². The van der Waals surface area contributed by atoms with Gasteiger partial charge in [-0.15, -0.1) is 0 Å². The van der Waals surface area contributed by atoms with Gasteiger partial charge in [0.1, 0.15) is 18.4 Å². The molecule has 0 amide bonds. The number of rotatable bonds is 2. The fourth-order valence-corrected chi connectivity index (χ4v) is 1.31. The van der Waals surface area contributed by atoms with Crippen LogP contribution in [0.5, 0.6) is 5.75 Å². The highest BCUT2D eigenvalue weighted by Crippen LogP contribution is 2.20. The lowest BCUT2D eigenvalue weighted by molar-refractivity contribution is 0.227. The largest absolute Gasteiger partial charge is 0.507 e. The molecule has 0 aliphatic carbocycles. The van der Waals surface area contributed by atoms with Crippen LogP contribution in [0.2, 0.25) is 0 Å². The van der Waals surface area contributed by atoms with Crippen LogP contribution in [0.4, 0.5) is 0 Å². The van der Waals surface area contributed by atoms with Crippen molar-refractivity contribution in [1.82, 2.24) is 0 Å². The van der Waals surface area contributed by atoms with E-state index in [9.17, 15) is 5.11 Å². The van der Waals surface area contributed by atoms with Crippen molar-refractivity contribution in [3.8, 4) is 5.75 Å². The molecule has 1 heterocycles. The summed E-state index contributed by atoms with van der Waals surface area (Å²) < 4.78 is 5.25. The molecule has 1 aromatic rings. The number of hydrogen-bond acceptors (Lipinski definition) is 4. The number of benzene rings is 1. The fourth-order valence-electron chi connectivity index (χ4n) is 1.31. The summed E-state index contributed by atoms with van der Waals surface area (Å²) in [5.41, 5.74) is 0.573. The van der Waals surface area contributed by atoms with Crippen LogP contribution >= 0.6 is 0 Å². The Morgan fingerprint density at radius 1 is 1.43 bits per heavy atom. The molecule has 0 saturated carbocycles. The number of nitrogens with zero attached hydrogens (tertiary/aromatic N) is 1. The Morgan fingerprint density at radius 3 is 2.86 bits per heavy atom. The summed E-state index contributed by atoms with van der Waals surface area (Å²) in [6, 6.07) is 6.64. The van der Waals surface area contributed by atoms with Crippen molar-refractivity contribution in [2.24, 2.45) is 4.99 Å². The number of hydrogen-bond donors (Lipinski definition) is 2. The normalized spacial score (nSPS) is 20.4. The van der Waals surface area contributed by atoms with E-state index in [1.54, 1.807) is 24.3 Å². The first kappa shape index (κ1) is 9.02. The highest BCUT2D eigenvalue weighted by molar-refractivity contribution is 5.97. The van der Waals surface area contributed by atoms with E-state index in [0.29, 0.717) is 18.1 Å². The average molecular weight is 193 g/mol. The molecule has 1 aliphatic heterocycles. The first-order chi connectivity index (χ1) is 6.81. The third-order valence-electron chi connectivity index (χ3n) is 2.06. The monoisotopic (exact) mass is 193 g/mol. The SMILES string of the molecule is OC[C@@H]1COC(c2ccccc2O)=N1. The first-order valence-electron chi connectivity index (χ1n) is 4.41.